The summed E-state index contributed by atoms with van der Waals surface area (Å²) < 4.78 is 25.3. The molecule has 3 rings (SSSR count). The Labute approximate surface area is 132 Å². The lowest BCUT2D eigenvalue weighted by molar-refractivity contribution is 0.361. The molecule has 0 unspecified atom stereocenters. The van der Waals surface area contributed by atoms with Crippen molar-refractivity contribution < 1.29 is 8.42 Å². The van der Waals surface area contributed by atoms with Gasteiger partial charge in [-0.25, -0.2) is 13.8 Å². The number of hydrogen-bond acceptors (Lipinski definition) is 4. The van der Waals surface area contributed by atoms with Gasteiger partial charge in [-0.3, -0.25) is 0 Å². The average Bonchev–Trinajstić information content (AvgIpc) is 2.54. The van der Waals surface area contributed by atoms with E-state index in [1.807, 2.05) is 13.0 Å². The third-order valence-corrected chi connectivity index (χ3v) is 6.12. The number of hydrogen-bond donors (Lipinski definition) is 3. The van der Waals surface area contributed by atoms with Crippen LogP contribution >= 0.6 is 0 Å². The Morgan fingerprint density at radius 3 is 2.68 bits per heavy atom. The number of fused-ring (bicyclic) bond motifs is 1. The highest BCUT2D eigenvalue weighted by Crippen LogP contribution is 2.25. The summed E-state index contributed by atoms with van der Waals surface area (Å²) in [6.07, 6.45) is 6.56. The summed E-state index contributed by atoms with van der Waals surface area (Å²) in [5, 5.41) is 3.27. The average molecular weight is 323 g/mol. The molecule has 1 aliphatic heterocycles. The van der Waals surface area contributed by atoms with Gasteiger partial charge in [0.25, 0.3) is 10.0 Å². The fourth-order valence-electron chi connectivity index (χ4n) is 3.47. The maximum Gasteiger partial charge on any atom is 0.253 e. The van der Waals surface area contributed by atoms with Crippen LogP contribution in [0.4, 0.5) is 0 Å². The minimum absolute atomic E-state index is 0.253. The molecule has 2 aliphatic rings. The Morgan fingerprint density at radius 1 is 1.14 bits per heavy atom. The van der Waals surface area contributed by atoms with Crippen molar-refractivity contribution in [3.63, 3.8) is 0 Å². The molecule has 1 saturated carbocycles. The summed E-state index contributed by atoms with van der Waals surface area (Å²) in [6, 6.07) is 3.90. The molecule has 0 saturated heterocycles. The van der Waals surface area contributed by atoms with Gasteiger partial charge in [-0.05, 0) is 55.5 Å². The molecule has 6 heteroatoms. The minimum Gasteiger partial charge on any atom is -0.312 e. The van der Waals surface area contributed by atoms with Gasteiger partial charge in [-0.15, -0.1) is 4.83 Å². The van der Waals surface area contributed by atoms with Crippen molar-refractivity contribution in [2.24, 2.45) is 0 Å². The molecular weight excluding hydrogens is 298 g/mol. The first-order valence-corrected chi connectivity index (χ1v) is 9.65. The van der Waals surface area contributed by atoms with Gasteiger partial charge in [-0.2, -0.15) is 0 Å². The van der Waals surface area contributed by atoms with Crippen LogP contribution in [0.15, 0.2) is 17.0 Å². The predicted molar refractivity (Wildman–Crippen MR) is 86.9 cm³/mol. The number of benzene rings is 1. The third kappa shape index (κ3) is 3.35. The summed E-state index contributed by atoms with van der Waals surface area (Å²) in [5.41, 5.74) is 6.30. The van der Waals surface area contributed by atoms with Gasteiger partial charge in [0.05, 0.1) is 4.90 Å². The van der Waals surface area contributed by atoms with Gasteiger partial charge >= 0.3 is 0 Å². The van der Waals surface area contributed by atoms with E-state index in [0.717, 1.165) is 31.4 Å². The van der Waals surface area contributed by atoms with Crippen LogP contribution in [-0.2, 0) is 23.0 Å². The zero-order chi connectivity index (χ0) is 15.6. The molecule has 22 heavy (non-hydrogen) atoms. The van der Waals surface area contributed by atoms with Crippen LogP contribution in [0.1, 0.15) is 48.8 Å². The maximum atomic E-state index is 12.7. The summed E-state index contributed by atoms with van der Waals surface area (Å²) in [7, 11) is -3.52. The first kappa shape index (κ1) is 15.9. The maximum absolute atomic E-state index is 12.7. The van der Waals surface area contributed by atoms with Crippen LogP contribution in [0.25, 0.3) is 0 Å². The second-order valence-electron chi connectivity index (χ2n) is 6.35. The van der Waals surface area contributed by atoms with Gasteiger partial charge in [-0.1, -0.05) is 25.3 Å². The Balaban J connectivity index is 1.80. The molecular formula is C16H25N3O2S. The van der Waals surface area contributed by atoms with E-state index in [2.05, 4.69) is 15.6 Å². The number of aryl methyl sites for hydroxylation is 1. The molecule has 0 amide bonds. The predicted octanol–water partition coefficient (Wildman–Crippen LogP) is 1.76. The van der Waals surface area contributed by atoms with Gasteiger partial charge in [0.15, 0.2) is 0 Å². The molecule has 1 aromatic rings. The summed E-state index contributed by atoms with van der Waals surface area (Å²) in [5.74, 6) is 0. The zero-order valence-electron chi connectivity index (χ0n) is 13.1. The van der Waals surface area contributed by atoms with E-state index in [1.165, 1.54) is 30.4 Å². The van der Waals surface area contributed by atoms with Crippen molar-refractivity contribution in [3.8, 4) is 0 Å². The lowest BCUT2D eigenvalue weighted by Crippen LogP contribution is -2.45. The molecule has 0 bridgehead atoms. The Morgan fingerprint density at radius 2 is 1.91 bits per heavy atom. The van der Waals surface area contributed by atoms with Crippen LogP contribution < -0.4 is 15.6 Å². The summed E-state index contributed by atoms with van der Waals surface area (Å²) >= 11 is 0. The molecule has 5 nitrogen and oxygen atoms in total. The smallest absolute Gasteiger partial charge is 0.253 e. The molecule has 1 heterocycles. The molecule has 1 fully saturated rings. The first-order valence-electron chi connectivity index (χ1n) is 8.17. The normalized spacial score (nSPS) is 19.9. The lowest BCUT2D eigenvalue weighted by Gasteiger charge is -2.25. The molecule has 0 spiro atoms. The van der Waals surface area contributed by atoms with Gasteiger partial charge < -0.3 is 5.32 Å². The van der Waals surface area contributed by atoms with Crippen molar-refractivity contribution in [2.45, 2.75) is 62.9 Å². The standard InChI is InChI=1S/C16H25N3O2S/c1-12-7-8-16(15-11-17-10-9-14(12)15)22(20,21)19-18-13-5-3-2-4-6-13/h7-8,13,17-19H,2-6,9-11H2,1H3. The molecule has 0 aromatic heterocycles. The topological polar surface area (TPSA) is 70.2 Å². The van der Waals surface area contributed by atoms with E-state index in [1.54, 1.807) is 6.07 Å². The fraction of sp³-hybridized carbons (Fsp3) is 0.625. The van der Waals surface area contributed by atoms with Crippen molar-refractivity contribution in [3.05, 3.63) is 28.8 Å². The van der Waals surface area contributed by atoms with Crippen molar-refractivity contribution >= 4 is 10.0 Å². The number of nitrogens with one attached hydrogen (secondary N) is 3. The number of sulfonamides is 1. The van der Waals surface area contributed by atoms with Gasteiger partial charge in [0, 0.05) is 12.6 Å². The second-order valence-corrected chi connectivity index (χ2v) is 8.00. The highest BCUT2D eigenvalue weighted by atomic mass is 32.2. The van der Waals surface area contributed by atoms with E-state index >= 15 is 0 Å². The van der Waals surface area contributed by atoms with Crippen LogP contribution in [0.5, 0.6) is 0 Å². The van der Waals surface area contributed by atoms with Crippen LogP contribution in [-0.4, -0.2) is 21.0 Å². The highest BCUT2D eigenvalue weighted by Gasteiger charge is 2.24. The Bertz CT molecular complexity index is 637. The van der Waals surface area contributed by atoms with E-state index in [4.69, 9.17) is 0 Å². The SMILES string of the molecule is Cc1ccc(S(=O)(=O)NNC2CCCCC2)c2c1CCNC2. The summed E-state index contributed by atoms with van der Waals surface area (Å²) in [6.45, 7) is 3.58. The molecule has 0 atom stereocenters. The summed E-state index contributed by atoms with van der Waals surface area (Å²) in [4.78, 5) is 3.02. The second kappa shape index (κ2) is 6.66. The highest BCUT2D eigenvalue weighted by molar-refractivity contribution is 7.89. The monoisotopic (exact) mass is 323 g/mol. The Kier molecular flexibility index (Phi) is 4.82. The quantitative estimate of drug-likeness (QED) is 0.739. The van der Waals surface area contributed by atoms with Crippen LogP contribution in [0.2, 0.25) is 0 Å². The molecule has 1 aromatic carbocycles. The largest absolute Gasteiger partial charge is 0.312 e. The van der Waals surface area contributed by atoms with E-state index < -0.39 is 10.0 Å². The molecule has 122 valence electrons. The van der Waals surface area contributed by atoms with Gasteiger partial charge in [0.2, 0.25) is 0 Å². The van der Waals surface area contributed by atoms with Crippen LogP contribution in [0, 0.1) is 6.92 Å². The van der Waals surface area contributed by atoms with E-state index in [0.29, 0.717) is 11.4 Å². The molecule has 1 aliphatic carbocycles. The van der Waals surface area contributed by atoms with Crippen molar-refractivity contribution in [1.82, 2.24) is 15.6 Å². The lowest BCUT2D eigenvalue weighted by atomic mass is 9.96. The minimum atomic E-state index is -3.52. The fourth-order valence-corrected chi connectivity index (χ4v) is 4.67. The zero-order valence-corrected chi connectivity index (χ0v) is 13.9. The molecule has 3 N–H and O–H groups in total. The third-order valence-electron chi connectivity index (χ3n) is 4.77. The number of hydrazine groups is 1. The van der Waals surface area contributed by atoms with Crippen molar-refractivity contribution in [1.29, 1.82) is 0 Å². The van der Waals surface area contributed by atoms with Crippen molar-refractivity contribution in [2.75, 3.05) is 6.54 Å². The molecule has 0 radical (unpaired) electrons. The number of rotatable bonds is 4. The Hall–Kier alpha value is -0.950. The van der Waals surface area contributed by atoms with Crippen LogP contribution in [0.3, 0.4) is 0 Å². The van der Waals surface area contributed by atoms with E-state index in [-0.39, 0.29) is 6.04 Å². The van der Waals surface area contributed by atoms with Gasteiger partial charge in [0.1, 0.15) is 0 Å². The first-order chi connectivity index (χ1) is 10.6. The van der Waals surface area contributed by atoms with E-state index in [9.17, 15) is 8.42 Å².